The summed E-state index contributed by atoms with van der Waals surface area (Å²) < 4.78 is 0. The zero-order chi connectivity index (χ0) is 21.0. The summed E-state index contributed by atoms with van der Waals surface area (Å²) in [4.78, 5) is 21.4. The summed E-state index contributed by atoms with van der Waals surface area (Å²) in [5, 5.41) is 0. The molecule has 0 saturated heterocycles. The van der Waals surface area contributed by atoms with Gasteiger partial charge < -0.3 is 0 Å². The van der Waals surface area contributed by atoms with Crippen LogP contribution in [0.4, 0.5) is 0 Å². The van der Waals surface area contributed by atoms with Crippen LogP contribution in [-0.2, 0) is 0 Å². The Kier molecular flexibility index (Phi) is 18.4. The second-order valence-electron chi connectivity index (χ2n) is 9.72. The van der Waals surface area contributed by atoms with Gasteiger partial charge in [-0.15, -0.1) is 0 Å². The van der Waals surface area contributed by atoms with Gasteiger partial charge in [0.15, 0.2) is 0 Å². The van der Waals surface area contributed by atoms with Gasteiger partial charge in [-0.2, -0.15) is 0 Å². The van der Waals surface area contributed by atoms with Crippen molar-refractivity contribution in [3.8, 4) is 0 Å². The van der Waals surface area contributed by atoms with E-state index in [0.29, 0.717) is 12.3 Å². The molecule has 2 N–H and O–H groups in total. The van der Waals surface area contributed by atoms with Crippen molar-refractivity contribution in [2.75, 3.05) is 19.0 Å². The molecule has 28 heavy (non-hydrogen) atoms. The summed E-state index contributed by atoms with van der Waals surface area (Å²) in [6.07, 6.45) is 27.3. The van der Waals surface area contributed by atoms with Gasteiger partial charge in [0.05, 0.1) is 0 Å². The minimum atomic E-state index is -3.36. The van der Waals surface area contributed by atoms with Crippen molar-refractivity contribution >= 4 is 7.06 Å². The number of hydrogen-bond donors (Lipinski definition) is 2. The minimum absolute atomic E-state index is 0.652. The Bertz CT molecular complexity index is 294. The van der Waals surface area contributed by atoms with E-state index in [4.69, 9.17) is 0 Å². The molecule has 0 atom stereocenters. The Hall–Kier alpha value is 0.350. The summed E-state index contributed by atoms with van der Waals surface area (Å²) in [5.74, 6) is 0. The topological polar surface area (TPSA) is 40.5 Å². The summed E-state index contributed by atoms with van der Waals surface area (Å²) in [5.41, 5.74) is 0. The van der Waals surface area contributed by atoms with E-state index >= 15 is 0 Å². The van der Waals surface area contributed by atoms with Crippen LogP contribution in [-0.4, -0.2) is 28.8 Å². The van der Waals surface area contributed by atoms with Crippen molar-refractivity contribution in [2.45, 2.75) is 142 Å². The first-order valence-corrected chi connectivity index (χ1v) is 15.9. The van der Waals surface area contributed by atoms with Crippen LogP contribution in [0.25, 0.3) is 0 Å². The average molecular weight is 419 g/mol. The summed E-state index contributed by atoms with van der Waals surface area (Å²) >= 11 is 0. The molecule has 0 unspecified atom stereocenters. The van der Waals surface area contributed by atoms with Crippen LogP contribution in [0.3, 0.4) is 0 Å². The molecule has 0 radical (unpaired) electrons. The summed E-state index contributed by atoms with van der Waals surface area (Å²) in [7, 11) is -3.36. The number of rotatable bonds is 22. The van der Waals surface area contributed by atoms with Gasteiger partial charge in [-0.25, -0.2) is 0 Å². The second-order valence-corrected chi connectivity index (χ2v) is 14.4. The molecule has 0 aromatic heterocycles. The number of unbranched alkanes of at least 4 members (excludes halogenated alkanes) is 18. The van der Waals surface area contributed by atoms with Gasteiger partial charge >= 0.3 is 178 Å². The van der Waals surface area contributed by atoms with Crippen LogP contribution in [0.15, 0.2) is 0 Å². The SMILES string of the molecule is CCCCCCCCCCCCP(C)(O)(O)CCCCCCCCCCCC. The first kappa shape index (κ1) is 28.4. The van der Waals surface area contributed by atoms with Crippen LogP contribution >= 0.6 is 7.06 Å². The molecular formula is C25H55O2P. The van der Waals surface area contributed by atoms with Crippen LogP contribution in [0.5, 0.6) is 0 Å². The first-order valence-electron chi connectivity index (χ1n) is 12.9. The zero-order valence-corrected chi connectivity index (χ0v) is 20.8. The Morgan fingerprint density at radius 1 is 0.393 bits per heavy atom. The maximum atomic E-state index is 10.7. The van der Waals surface area contributed by atoms with E-state index in [0.717, 1.165) is 12.8 Å². The fraction of sp³-hybridized carbons (Fsp3) is 1.00. The fourth-order valence-electron chi connectivity index (χ4n) is 4.13. The van der Waals surface area contributed by atoms with E-state index in [2.05, 4.69) is 13.8 Å². The third-order valence-corrected chi connectivity index (χ3v) is 9.15. The molecule has 0 spiro atoms. The molecule has 0 aliphatic heterocycles. The Morgan fingerprint density at radius 2 is 0.607 bits per heavy atom. The average Bonchev–Trinajstić information content (AvgIpc) is 2.64. The van der Waals surface area contributed by atoms with Gasteiger partial charge in [0.1, 0.15) is 0 Å². The van der Waals surface area contributed by atoms with Crippen molar-refractivity contribution in [1.29, 1.82) is 0 Å². The first-order chi connectivity index (χ1) is 13.4. The molecule has 0 saturated carbocycles. The van der Waals surface area contributed by atoms with E-state index < -0.39 is 7.06 Å². The van der Waals surface area contributed by atoms with Crippen LogP contribution < -0.4 is 0 Å². The molecule has 172 valence electrons. The van der Waals surface area contributed by atoms with E-state index in [1.54, 1.807) is 6.66 Å². The van der Waals surface area contributed by atoms with Gasteiger partial charge in [-0.3, -0.25) is 0 Å². The molecule has 0 aliphatic carbocycles. The summed E-state index contributed by atoms with van der Waals surface area (Å²) in [6, 6.07) is 0. The van der Waals surface area contributed by atoms with Crippen molar-refractivity contribution in [2.24, 2.45) is 0 Å². The van der Waals surface area contributed by atoms with Crippen molar-refractivity contribution in [3.05, 3.63) is 0 Å². The molecule has 0 bridgehead atoms. The molecule has 2 nitrogen and oxygen atoms in total. The number of hydrogen-bond acceptors (Lipinski definition) is 2. The zero-order valence-electron chi connectivity index (χ0n) is 19.9. The third-order valence-electron chi connectivity index (χ3n) is 6.19. The predicted octanol–water partition coefficient (Wildman–Crippen LogP) is 8.83. The monoisotopic (exact) mass is 418 g/mol. The molecule has 3 heteroatoms. The standard InChI is InChI=1S/C25H55O2P/c1-4-6-8-10-12-14-16-18-20-22-24-28(3,26,27)25-23-21-19-17-15-13-11-9-7-5-2/h26-27H,4-25H2,1-3H3. The molecule has 0 heterocycles. The van der Waals surface area contributed by atoms with Gasteiger partial charge in [0.25, 0.3) is 0 Å². The molecular weight excluding hydrogens is 363 g/mol. The van der Waals surface area contributed by atoms with Crippen molar-refractivity contribution in [3.63, 3.8) is 0 Å². The van der Waals surface area contributed by atoms with Gasteiger partial charge in [-0.05, 0) is 0 Å². The van der Waals surface area contributed by atoms with Crippen LogP contribution in [0.2, 0.25) is 0 Å². The van der Waals surface area contributed by atoms with E-state index in [-0.39, 0.29) is 0 Å². The summed E-state index contributed by atoms with van der Waals surface area (Å²) in [6.45, 7) is 6.30. The van der Waals surface area contributed by atoms with Gasteiger partial charge in [-0.1, -0.05) is 0 Å². The Labute approximate surface area is 178 Å². The molecule has 0 aliphatic rings. The van der Waals surface area contributed by atoms with E-state index in [1.807, 2.05) is 0 Å². The third kappa shape index (κ3) is 21.1. The molecule has 0 rings (SSSR count). The van der Waals surface area contributed by atoms with E-state index in [9.17, 15) is 9.79 Å². The molecule has 0 amide bonds. The maximum absolute atomic E-state index is 10.7. The van der Waals surface area contributed by atoms with Crippen molar-refractivity contribution < 1.29 is 9.79 Å². The van der Waals surface area contributed by atoms with Crippen molar-refractivity contribution in [1.82, 2.24) is 0 Å². The molecule has 0 fully saturated rings. The van der Waals surface area contributed by atoms with Crippen LogP contribution in [0, 0.1) is 0 Å². The van der Waals surface area contributed by atoms with E-state index in [1.165, 1.54) is 116 Å². The molecule has 0 aromatic carbocycles. The second kappa shape index (κ2) is 18.1. The van der Waals surface area contributed by atoms with Crippen LogP contribution in [0.1, 0.15) is 142 Å². The van der Waals surface area contributed by atoms with Gasteiger partial charge in [0, 0.05) is 0 Å². The normalized spacial score (nSPS) is 13.5. The quantitative estimate of drug-likeness (QED) is 0.136. The predicted molar refractivity (Wildman–Crippen MR) is 131 cm³/mol. The Morgan fingerprint density at radius 3 is 0.857 bits per heavy atom. The Balaban J connectivity index is 3.51. The fourth-order valence-corrected chi connectivity index (χ4v) is 6.45. The van der Waals surface area contributed by atoms with Gasteiger partial charge in [0.2, 0.25) is 0 Å². The molecule has 0 aromatic rings.